The predicted octanol–water partition coefficient (Wildman–Crippen LogP) is 8.73. The highest BCUT2D eigenvalue weighted by atomic mass is 16.3. The van der Waals surface area contributed by atoms with Crippen molar-refractivity contribution in [1.82, 2.24) is 15.0 Å². The van der Waals surface area contributed by atoms with Crippen LogP contribution >= 0.6 is 0 Å². The van der Waals surface area contributed by atoms with Gasteiger partial charge in [0.2, 0.25) is 0 Å². The Kier molecular flexibility index (Phi) is 7.92. The highest BCUT2D eigenvalue weighted by Gasteiger charge is 2.20. The molecule has 0 amide bonds. The van der Waals surface area contributed by atoms with E-state index in [1.54, 1.807) is 4.80 Å². The maximum absolute atomic E-state index is 11.7. The zero-order chi connectivity index (χ0) is 27.4. The molecular formula is C35H37N3O. The molecule has 0 fully saturated rings. The smallest absolute Gasteiger partial charge is 0.150 e. The highest BCUT2D eigenvalue weighted by molar-refractivity contribution is 5.84. The van der Waals surface area contributed by atoms with Gasteiger partial charge in [0.15, 0.2) is 5.75 Å². The summed E-state index contributed by atoms with van der Waals surface area (Å²) in [6.45, 7) is 8.80. The molecule has 0 saturated heterocycles. The number of aryl methyl sites for hydroxylation is 2. The van der Waals surface area contributed by atoms with Gasteiger partial charge < -0.3 is 5.11 Å². The normalized spacial score (nSPS) is 11.4. The lowest BCUT2D eigenvalue weighted by Crippen LogP contribution is -2.03. The maximum atomic E-state index is 11.7. The minimum Gasteiger partial charge on any atom is -0.505 e. The summed E-state index contributed by atoms with van der Waals surface area (Å²) in [5.74, 6) is 0.874. The van der Waals surface area contributed by atoms with E-state index in [1.165, 1.54) is 16.7 Å². The summed E-state index contributed by atoms with van der Waals surface area (Å²) >= 11 is 0. The Balaban J connectivity index is 1.58. The van der Waals surface area contributed by atoms with Gasteiger partial charge in [-0.05, 0) is 76.6 Å². The zero-order valence-electron chi connectivity index (χ0n) is 23.3. The van der Waals surface area contributed by atoms with Crippen molar-refractivity contribution < 1.29 is 5.11 Å². The van der Waals surface area contributed by atoms with Gasteiger partial charge in [0.05, 0.1) is 11.9 Å². The molecule has 1 N–H and O–H groups in total. The van der Waals surface area contributed by atoms with E-state index in [9.17, 15) is 5.11 Å². The first-order valence-electron chi connectivity index (χ1n) is 13.9. The van der Waals surface area contributed by atoms with Gasteiger partial charge in [0.25, 0.3) is 0 Å². The molecule has 5 rings (SSSR count). The van der Waals surface area contributed by atoms with E-state index in [2.05, 4.69) is 106 Å². The minimum absolute atomic E-state index is 0.195. The van der Waals surface area contributed by atoms with Crippen LogP contribution in [0.3, 0.4) is 0 Å². The van der Waals surface area contributed by atoms with Gasteiger partial charge in [-0.25, -0.2) is 0 Å². The van der Waals surface area contributed by atoms with E-state index in [1.807, 2.05) is 24.4 Å². The summed E-state index contributed by atoms with van der Waals surface area (Å²) < 4.78 is 0. The van der Waals surface area contributed by atoms with Crippen LogP contribution in [-0.4, -0.2) is 20.1 Å². The molecule has 0 saturated carbocycles. The number of rotatable bonds is 9. The largest absolute Gasteiger partial charge is 0.505 e. The molecule has 4 nitrogen and oxygen atoms in total. The van der Waals surface area contributed by atoms with E-state index in [4.69, 9.17) is 5.10 Å². The molecule has 0 unspecified atom stereocenters. The third kappa shape index (κ3) is 5.80. The molecule has 0 radical (unpaired) electrons. The summed E-state index contributed by atoms with van der Waals surface area (Å²) in [6.07, 6.45) is 4.63. The van der Waals surface area contributed by atoms with Gasteiger partial charge in [-0.15, -0.1) is 4.80 Å². The lowest BCUT2D eigenvalue weighted by molar-refractivity contribution is 0.469. The summed E-state index contributed by atoms with van der Waals surface area (Å²) in [5.41, 5.74) is 9.34. The summed E-state index contributed by atoms with van der Waals surface area (Å²) in [7, 11) is 0. The van der Waals surface area contributed by atoms with Crippen LogP contribution in [0.1, 0.15) is 68.3 Å². The second kappa shape index (κ2) is 11.7. The molecule has 198 valence electrons. The Labute approximate surface area is 232 Å². The van der Waals surface area contributed by atoms with Crippen molar-refractivity contribution >= 4 is 0 Å². The molecule has 5 aromatic rings. The van der Waals surface area contributed by atoms with E-state index < -0.39 is 0 Å². The number of nitrogens with zero attached hydrogens (tertiary/aromatic N) is 3. The maximum Gasteiger partial charge on any atom is 0.150 e. The second-order valence-corrected chi connectivity index (χ2v) is 10.8. The molecule has 0 aliphatic heterocycles. The standard InChI is InChI=1S/C35H37N3O/c1-24(2)29-17-8-10-19-31(29)27-21-33(32-20-11-9-18-30(32)25(3)4)35(39)34(22-27)38-36-23-28(37-38)16-12-15-26-13-6-5-7-14-26/h5-11,13-14,17-25,39H,12,15-16H2,1-4H3. The third-order valence-corrected chi connectivity index (χ3v) is 7.35. The summed E-state index contributed by atoms with van der Waals surface area (Å²) in [4.78, 5) is 1.59. The molecule has 1 aromatic heterocycles. The van der Waals surface area contributed by atoms with E-state index in [-0.39, 0.29) is 5.75 Å². The van der Waals surface area contributed by atoms with Crippen molar-refractivity contribution in [3.05, 3.63) is 120 Å². The first-order chi connectivity index (χ1) is 18.9. The molecule has 0 aliphatic rings. The quantitative estimate of drug-likeness (QED) is 0.213. The average Bonchev–Trinajstić information content (AvgIpc) is 3.42. The average molecular weight is 516 g/mol. The summed E-state index contributed by atoms with van der Waals surface area (Å²) in [6, 6.07) is 31.5. The Hall–Kier alpha value is -4.18. The minimum atomic E-state index is 0.195. The van der Waals surface area contributed by atoms with Crippen molar-refractivity contribution in [2.24, 2.45) is 0 Å². The lowest BCUT2D eigenvalue weighted by atomic mass is 9.88. The van der Waals surface area contributed by atoms with Crippen molar-refractivity contribution in [3.8, 4) is 33.7 Å². The fourth-order valence-electron chi connectivity index (χ4n) is 5.29. The topological polar surface area (TPSA) is 50.9 Å². The number of phenolic OH excluding ortho intramolecular Hbond substituents is 1. The SMILES string of the molecule is CC(C)c1ccccc1-c1cc(-c2ccccc2C(C)C)c(O)c(-n2ncc(CCCc3ccccc3)n2)c1. The third-order valence-electron chi connectivity index (χ3n) is 7.35. The van der Waals surface area contributed by atoms with Crippen LogP contribution in [0.5, 0.6) is 5.75 Å². The molecule has 4 aromatic carbocycles. The Bertz CT molecular complexity index is 1550. The second-order valence-electron chi connectivity index (χ2n) is 10.8. The van der Waals surface area contributed by atoms with Crippen LogP contribution in [-0.2, 0) is 12.8 Å². The molecule has 0 bridgehead atoms. The van der Waals surface area contributed by atoms with Crippen molar-refractivity contribution in [2.75, 3.05) is 0 Å². The summed E-state index contributed by atoms with van der Waals surface area (Å²) in [5, 5.41) is 21.1. The molecule has 0 aliphatic carbocycles. The Morgan fingerprint density at radius 3 is 2.00 bits per heavy atom. The highest BCUT2D eigenvalue weighted by Crippen LogP contribution is 2.42. The van der Waals surface area contributed by atoms with Crippen LogP contribution < -0.4 is 0 Å². The van der Waals surface area contributed by atoms with Gasteiger partial charge in [-0.3, -0.25) is 0 Å². The van der Waals surface area contributed by atoms with Crippen molar-refractivity contribution in [3.63, 3.8) is 0 Å². The Morgan fingerprint density at radius 2 is 1.31 bits per heavy atom. The van der Waals surface area contributed by atoms with Crippen LogP contribution in [0.25, 0.3) is 27.9 Å². The molecule has 1 heterocycles. The van der Waals surface area contributed by atoms with Gasteiger partial charge in [0, 0.05) is 5.56 Å². The molecule has 0 spiro atoms. The lowest BCUT2D eigenvalue weighted by Gasteiger charge is -2.19. The fraction of sp³-hybridized carbons (Fsp3) is 0.257. The number of aromatic nitrogens is 3. The van der Waals surface area contributed by atoms with Crippen LogP contribution in [0.15, 0.2) is 97.2 Å². The van der Waals surface area contributed by atoms with Gasteiger partial charge in [-0.1, -0.05) is 107 Å². The van der Waals surface area contributed by atoms with E-state index in [0.29, 0.717) is 17.5 Å². The number of phenols is 1. The predicted molar refractivity (Wildman–Crippen MR) is 161 cm³/mol. The van der Waals surface area contributed by atoms with Gasteiger partial charge in [-0.2, -0.15) is 10.2 Å². The van der Waals surface area contributed by atoms with Gasteiger partial charge >= 0.3 is 0 Å². The molecule has 0 atom stereocenters. The molecular weight excluding hydrogens is 478 g/mol. The van der Waals surface area contributed by atoms with E-state index in [0.717, 1.165) is 47.2 Å². The number of hydrogen-bond acceptors (Lipinski definition) is 3. The van der Waals surface area contributed by atoms with Gasteiger partial charge in [0.1, 0.15) is 5.69 Å². The van der Waals surface area contributed by atoms with E-state index >= 15 is 0 Å². The van der Waals surface area contributed by atoms with Crippen LogP contribution in [0.2, 0.25) is 0 Å². The molecule has 4 heteroatoms. The number of aromatic hydroxyl groups is 1. The monoisotopic (exact) mass is 515 g/mol. The van der Waals surface area contributed by atoms with Crippen molar-refractivity contribution in [2.45, 2.75) is 58.8 Å². The van der Waals surface area contributed by atoms with Crippen molar-refractivity contribution in [1.29, 1.82) is 0 Å². The van der Waals surface area contributed by atoms with Crippen LogP contribution in [0.4, 0.5) is 0 Å². The first-order valence-corrected chi connectivity index (χ1v) is 13.9. The zero-order valence-corrected chi connectivity index (χ0v) is 23.3. The number of hydrogen-bond donors (Lipinski definition) is 1. The first kappa shape index (κ1) is 26.4. The van der Waals surface area contributed by atoms with Crippen LogP contribution in [0, 0.1) is 0 Å². The number of benzene rings is 4. The Morgan fingerprint density at radius 1 is 0.692 bits per heavy atom. The molecule has 39 heavy (non-hydrogen) atoms. The fourth-order valence-corrected chi connectivity index (χ4v) is 5.29.